The SMILES string of the molecule is CN(C(=O)/C=C/c1ccoc1)[C@@H]1CC[C@@]2(O)[C@@H]3Cc4ccc(O)c5c4C2(CCN3CC2CC2)[C@H]1O5. The number of nitrogens with zero attached hydrogens (tertiary/aromatic N) is 2. The van der Waals surface area contributed by atoms with Crippen molar-refractivity contribution in [3.63, 3.8) is 0 Å². The molecule has 3 heterocycles. The van der Waals surface area contributed by atoms with E-state index in [0.29, 0.717) is 18.6 Å². The van der Waals surface area contributed by atoms with Crippen molar-refractivity contribution in [2.75, 3.05) is 20.1 Å². The largest absolute Gasteiger partial charge is 0.504 e. The Balaban J connectivity index is 1.28. The highest BCUT2D eigenvalue weighted by molar-refractivity contribution is 5.91. The predicted octanol–water partition coefficient (Wildman–Crippen LogP) is 3.09. The number of phenolic OH excluding ortho intramolecular Hbond substituents is 1. The summed E-state index contributed by atoms with van der Waals surface area (Å²) >= 11 is 0. The molecule has 184 valence electrons. The number of piperidine rings is 1. The van der Waals surface area contributed by atoms with Crippen LogP contribution in [-0.4, -0.2) is 69.8 Å². The molecule has 1 aromatic heterocycles. The van der Waals surface area contributed by atoms with E-state index >= 15 is 0 Å². The average Bonchev–Trinajstić information content (AvgIpc) is 3.36. The average molecular weight is 477 g/mol. The maximum Gasteiger partial charge on any atom is 0.246 e. The number of amides is 1. The molecule has 7 heteroatoms. The van der Waals surface area contributed by atoms with E-state index in [2.05, 4.69) is 4.90 Å². The molecule has 2 N–H and O–H groups in total. The predicted molar refractivity (Wildman–Crippen MR) is 129 cm³/mol. The highest BCUT2D eigenvalue weighted by Gasteiger charge is 2.73. The fourth-order valence-corrected chi connectivity index (χ4v) is 7.67. The molecular formula is C28H32N2O5. The van der Waals surface area contributed by atoms with Gasteiger partial charge in [0.15, 0.2) is 11.5 Å². The molecule has 5 aliphatic rings. The van der Waals surface area contributed by atoms with E-state index in [1.54, 1.807) is 35.6 Å². The molecule has 7 rings (SSSR count). The van der Waals surface area contributed by atoms with Gasteiger partial charge in [-0.15, -0.1) is 0 Å². The Morgan fingerprint density at radius 3 is 2.89 bits per heavy atom. The number of aromatic hydroxyl groups is 1. The maximum atomic E-state index is 13.2. The summed E-state index contributed by atoms with van der Waals surface area (Å²) in [6.45, 7) is 1.96. The summed E-state index contributed by atoms with van der Waals surface area (Å²) in [6.07, 6.45) is 11.5. The van der Waals surface area contributed by atoms with Gasteiger partial charge in [-0.05, 0) is 74.8 Å². The number of hydrogen-bond acceptors (Lipinski definition) is 6. The Morgan fingerprint density at radius 2 is 2.11 bits per heavy atom. The number of likely N-dealkylation sites (tertiary alicyclic amines) is 1. The van der Waals surface area contributed by atoms with Gasteiger partial charge in [0, 0.05) is 36.8 Å². The zero-order valence-electron chi connectivity index (χ0n) is 20.0. The minimum atomic E-state index is -0.941. The number of likely N-dealkylation sites (N-methyl/N-ethyl adjacent to an activating group) is 1. The number of phenols is 1. The molecule has 1 amide bonds. The highest BCUT2D eigenvalue weighted by atomic mass is 16.5. The van der Waals surface area contributed by atoms with Crippen molar-refractivity contribution in [3.05, 3.63) is 53.5 Å². The number of carbonyl (C=O) groups excluding carboxylic acids is 1. The van der Waals surface area contributed by atoms with E-state index in [4.69, 9.17) is 9.15 Å². The molecule has 0 radical (unpaired) electrons. The zero-order valence-corrected chi connectivity index (χ0v) is 20.0. The van der Waals surface area contributed by atoms with Gasteiger partial charge in [-0.3, -0.25) is 9.69 Å². The summed E-state index contributed by atoms with van der Waals surface area (Å²) in [5.74, 6) is 1.28. The quantitative estimate of drug-likeness (QED) is 0.645. The van der Waals surface area contributed by atoms with Crippen molar-refractivity contribution >= 4 is 12.0 Å². The lowest BCUT2D eigenvalue weighted by atomic mass is 9.48. The van der Waals surface area contributed by atoms with Crippen LogP contribution >= 0.6 is 0 Å². The van der Waals surface area contributed by atoms with Gasteiger partial charge in [-0.1, -0.05) is 6.07 Å². The summed E-state index contributed by atoms with van der Waals surface area (Å²) in [5, 5.41) is 23.3. The van der Waals surface area contributed by atoms with Crippen LogP contribution in [0.2, 0.25) is 0 Å². The Kier molecular flexibility index (Phi) is 4.53. The first-order valence-electron chi connectivity index (χ1n) is 12.9. The van der Waals surface area contributed by atoms with Gasteiger partial charge in [-0.2, -0.15) is 0 Å². The molecule has 1 unspecified atom stereocenters. The minimum absolute atomic E-state index is 0.0360. The van der Waals surface area contributed by atoms with Crippen LogP contribution in [0.15, 0.2) is 41.2 Å². The number of aliphatic hydroxyl groups is 1. The second kappa shape index (κ2) is 7.37. The Morgan fingerprint density at radius 1 is 1.26 bits per heavy atom. The molecular weight excluding hydrogens is 444 g/mol. The fraction of sp³-hybridized carbons (Fsp3) is 0.536. The lowest BCUT2D eigenvalue weighted by molar-refractivity contribution is -0.200. The smallest absolute Gasteiger partial charge is 0.246 e. The third-order valence-electron chi connectivity index (χ3n) is 9.54. The number of rotatable bonds is 5. The summed E-state index contributed by atoms with van der Waals surface area (Å²) in [6, 6.07) is 5.38. The van der Waals surface area contributed by atoms with Crippen molar-refractivity contribution in [2.45, 2.75) is 67.7 Å². The third kappa shape index (κ3) is 2.88. The van der Waals surface area contributed by atoms with Crippen LogP contribution in [-0.2, 0) is 16.6 Å². The maximum absolute atomic E-state index is 13.2. The van der Waals surface area contributed by atoms with Crippen LogP contribution in [0.5, 0.6) is 11.5 Å². The number of carbonyl (C=O) groups is 1. The zero-order chi connectivity index (χ0) is 23.9. The Bertz CT molecular complexity index is 1200. The van der Waals surface area contributed by atoms with Crippen molar-refractivity contribution in [3.8, 4) is 11.5 Å². The normalized spacial score (nSPS) is 35.1. The van der Waals surface area contributed by atoms with Crippen LogP contribution in [0.3, 0.4) is 0 Å². The minimum Gasteiger partial charge on any atom is -0.504 e. The van der Waals surface area contributed by atoms with Gasteiger partial charge in [0.05, 0.1) is 29.6 Å². The molecule has 2 saturated carbocycles. The molecule has 1 aromatic carbocycles. The van der Waals surface area contributed by atoms with E-state index in [1.807, 2.05) is 19.2 Å². The van der Waals surface area contributed by atoms with Crippen molar-refractivity contribution in [1.82, 2.24) is 9.80 Å². The van der Waals surface area contributed by atoms with Crippen molar-refractivity contribution < 1.29 is 24.2 Å². The molecule has 5 atom stereocenters. The topological polar surface area (TPSA) is 86.4 Å². The highest BCUT2D eigenvalue weighted by Crippen LogP contribution is 2.66. The lowest BCUT2D eigenvalue weighted by Crippen LogP contribution is -2.78. The van der Waals surface area contributed by atoms with Gasteiger partial charge in [0.25, 0.3) is 0 Å². The van der Waals surface area contributed by atoms with E-state index < -0.39 is 17.1 Å². The number of hydrogen-bond donors (Lipinski definition) is 2. The van der Waals surface area contributed by atoms with Crippen LogP contribution in [0.25, 0.3) is 6.08 Å². The molecule has 2 aliphatic heterocycles. The number of furan rings is 1. The first kappa shape index (κ1) is 21.5. The Labute approximate surface area is 205 Å². The van der Waals surface area contributed by atoms with Crippen LogP contribution in [0, 0.1) is 5.92 Å². The van der Waals surface area contributed by atoms with E-state index in [-0.39, 0.29) is 23.7 Å². The molecule has 1 spiro atoms. The van der Waals surface area contributed by atoms with E-state index in [0.717, 1.165) is 43.0 Å². The van der Waals surface area contributed by atoms with Gasteiger partial charge >= 0.3 is 0 Å². The van der Waals surface area contributed by atoms with E-state index in [9.17, 15) is 15.0 Å². The first-order chi connectivity index (χ1) is 16.9. The van der Waals surface area contributed by atoms with Crippen LogP contribution in [0.4, 0.5) is 0 Å². The molecule has 3 fully saturated rings. The van der Waals surface area contributed by atoms with Gasteiger partial charge in [0.2, 0.25) is 5.91 Å². The first-order valence-corrected chi connectivity index (χ1v) is 12.9. The molecule has 2 bridgehead atoms. The van der Waals surface area contributed by atoms with Crippen LogP contribution < -0.4 is 4.74 Å². The van der Waals surface area contributed by atoms with E-state index in [1.165, 1.54) is 18.4 Å². The standard InChI is InChI=1S/C28H32N2O5/c1-29(23(32)7-4-18-9-13-34-16-18)20-8-10-28(33)22-14-19-5-6-21(31)25-24(19)27(28,26(20)35-25)11-12-30(22)15-17-2-3-17/h4-7,9,13,16-17,20,22,26,31,33H,2-3,8,10-12,14-15H2,1H3/b7-4+/t20-,22+,26+,27?,28-/m1/s1. The Hall–Kier alpha value is -2.77. The molecule has 3 aliphatic carbocycles. The molecule has 1 saturated heterocycles. The summed E-state index contributed by atoms with van der Waals surface area (Å²) in [4.78, 5) is 17.5. The van der Waals surface area contributed by atoms with Crippen molar-refractivity contribution in [1.29, 1.82) is 0 Å². The second-order valence-corrected chi connectivity index (χ2v) is 11.2. The third-order valence-corrected chi connectivity index (χ3v) is 9.54. The molecule has 7 nitrogen and oxygen atoms in total. The van der Waals surface area contributed by atoms with Gasteiger partial charge in [0.1, 0.15) is 6.10 Å². The van der Waals surface area contributed by atoms with Gasteiger partial charge in [-0.25, -0.2) is 0 Å². The summed E-state index contributed by atoms with van der Waals surface area (Å²) < 4.78 is 11.7. The number of ether oxygens (including phenoxy) is 1. The summed E-state index contributed by atoms with van der Waals surface area (Å²) in [5.41, 5.74) is 1.44. The van der Waals surface area contributed by atoms with Crippen LogP contribution in [0.1, 0.15) is 48.8 Å². The monoisotopic (exact) mass is 476 g/mol. The number of benzene rings is 1. The summed E-state index contributed by atoms with van der Waals surface area (Å²) in [7, 11) is 1.82. The van der Waals surface area contributed by atoms with Gasteiger partial charge < -0.3 is 24.3 Å². The fourth-order valence-electron chi connectivity index (χ4n) is 7.67. The van der Waals surface area contributed by atoms with Crippen molar-refractivity contribution in [2.24, 2.45) is 5.92 Å². The molecule has 2 aromatic rings. The second-order valence-electron chi connectivity index (χ2n) is 11.2. The molecule has 35 heavy (non-hydrogen) atoms. The lowest BCUT2D eigenvalue weighted by Gasteiger charge is -2.64.